The smallest absolute Gasteiger partial charge is 0.236 e. The molecule has 0 aromatic heterocycles. The summed E-state index contributed by atoms with van der Waals surface area (Å²) in [5.74, 6) is 1.68. The molecule has 2 aromatic rings. The van der Waals surface area contributed by atoms with Crippen molar-refractivity contribution < 1.29 is 19.0 Å². The number of benzene rings is 2. The lowest BCUT2D eigenvalue weighted by atomic mass is 9.74. The van der Waals surface area contributed by atoms with Gasteiger partial charge in [0.05, 0.1) is 27.9 Å². The van der Waals surface area contributed by atoms with Gasteiger partial charge in [-0.05, 0) is 55.3 Å². The van der Waals surface area contributed by atoms with Crippen LogP contribution in [-0.2, 0) is 16.8 Å². The van der Waals surface area contributed by atoms with Gasteiger partial charge in [0.15, 0.2) is 11.5 Å². The number of amides is 1. The highest BCUT2D eigenvalue weighted by atomic mass is 16.5. The molecule has 2 heterocycles. The Balaban J connectivity index is 1.49. The second kappa shape index (κ2) is 8.67. The number of hydrogen-bond donors (Lipinski definition) is 1. The van der Waals surface area contributed by atoms with Gasteiger partial charge in [0.2, 0.25) is 11.7 Å². The van der Waals surface area contributed by atoms with Crippen molar-refractivity contribution in [2.24, 2.45) is 5.73 Å². The van der Waals surface area contributed by atoms with E-state index in [0.29, 0.717) is 17.2 Å². The minimum atomic E-state index is -0.285. The number of hydrogen-bond acceptors (Lipinski definition) is 6. The number of carbonyl (C=O) groups is 1. The Morgan fingerprint density at radius 1 is 1.03 bits per heavy atom. The van der Waals surface area contributed by atoms with Gasteiger partial charge in [-0.25, -0.2) is 0 Å². The molecule has 7 nitrogen and oxygen atoms in total. The SMILES string of the molecule is COc1cc(CN2CCC3(CC2)CN(CC(N)=O)c2ccccc23)cc(OC)c1OC. The van der Waals surface area contributed by atoms with Crippen molar-refractivity contribution in [2.75, 3.05) is 52.4 Å². The Bertz CT molecular complexity index is 929. The number of piperidine rings is 1. The number of fused-ring (bicyclic) bond motifs is 2. The highest BCUT2D eigenvalue weighted by Gasteiger charge is 2.44. The number of nitrogens with zero attached hydrogens (tertiary/aromatic N) is 2. The lowest BCUT2D eigenvalue weighted by Gasteiger charge is -2.40. The summed E-state index contributed by atoms with van der Waals surface area (Å²) in [4.78, 5) is 16.2. The summed E-state index contributed by atoms with van der Waals surface area (Å²) in [6.45, 7) is 3.91. The van der Waals surface area contributed by atoms with E-state index < -0.39 is 0 Å². The first-order valence-electron chi connectivity index (χ1n) is 10.6. The zero-order valence-corrected chi connectivity index (χ0v) is 18.5. The zero-order valence-electron chi connectivity index (χ0n) is 18.5. The van der Waals surface area contributed by atoms with Crippen LogP contribution < -0.4 is 24.8 Å². The van der Waals surface area contributed by atoms with Crippen molar-refractivity contribution in [1.82, 2.24) is 4.90 Å². The summed E-state index contributed by atoms with van der Waals surface area (Å²) >= 11 is 0. The zero-order chi connectivity index (χ0) is 22.0. The van der Waals surface area contributed by atoms with Gasteiger partial charge in [0.25, 0.3) is 0 Å². The molecule has 1 amide bonds. The molecule has 0 saturated carbocycles. The van der Waals surface area contributed by atoms with E-state index in [1.165, 1.54) is 5.56 Å². The molecule has 0 unspecified atom stereocenters. The highest BCUT2D eigenvalue weighted by Crippen LogP contribution is 2.47. The lowest BCUT2D eigenvalue weighted by molar-refractivity contribution is -0.116. The Morgan fingerprint density at radius 2 is 1.68 bits per heavy atom. The van der Waals surface area contributed by atoms with Crippen LogP contribution in [0.1, 0.15) is 24.0 Å². The predicted octanol–water partition coefficient (Wildman–Crippen LogP) is 2.55. The van der Waals surface area contributed by atoms with Gasteiger partial charge in [-0.2, -0.15) is 0 Å². The van der Waals surface area contributed by atoms with Crippen LogP contribution in [0.2, 0.25) is 0 Å². The molecule has 166 valence electrons. The van der Waals surface area contributed by atoms with Crippen LogP contribution in [0.4, 0.5) is 5.69 Å². The van der Waals surface area contributed by atoms with Crippen LogP contribution in [-0.4, -0.2) is 58.3 Å². The fraction of sp³-hybridized carbons (Fsp3) is 0.458. The largest absolute Gasteiger partial charge is 0.493 e. The number of primary amides is 1. The molecule has 4 rings (SSSR count). The van der Waals surface area contributed by atoms with Crippen LogP contribution in [0.25, 0.3) is 0 Å². The monoisotopic (exact) mass is 425 g/mol. The standard InChI is InChI=1S/C24H31N3O4/c1-29-20-12-17(13-21(30-2)23(20)31-3)14-26-10-8-24(9-11-26)16-27(15-22(25)28)19-7-5-4-6-18(19)24/h4-7,12-13H,8-11,14-16H2,1-3H3,(H2,25,28). The van der Waals surface area contributed by atoms with E-state index in [4.69, 9.17) is 19.9 Å². The first-order valence-corrected chi connectivity index (χ1v) is 10.6. The molecule has 2 N–H and O–H groups in total. The number of carbonyl (C=O) groups excluding carboxylic acids is 1. The highest BCUT2D eigenvalue weighted by molar-refractivity contribution is 5.81. The minimum Gasteiger partial charge on any atom is -0.493 e. The number of rotatable bonds is 7. The maximum Gasteiger partial charge on any atom is 0.236 e. The first-order chi connectivity index (χ1) is 15.0. The van der Waals surface area contributed by atoms with Gasteiger partial charge in [0.1, 0.15) is 0 Å². The van der Waals surface area contributed by atoms with E-state index in [9.17, 15) is 4.79 Å². The molecule has 2 aliphatic heterocycles. The van der Waals surface area contributed by atoms with Gasteiger partial charge < -0.3 is 24.8 Å². The number of ether oxygens (including phenoxy) is 3. The average molecular weight is 426 g/mol. The van der Waals surface area contributed by atoms with E-state index in [1.54, 1.807) is 21.3 Å². The van der Waals surface area contributed by atoms with Gasteiger partial charge in [-0.1, -0.05) is 18.2 Å². The molecule has 0 bridgehead atoms. The van der Waals surface area contributed by atoms with E-state index >= 15 is 0 Å². The molecule has 0 radical (unpaired) electrons. The summed E-state index contributed by atoms with van der Waals surface area (Å²) in [6, 6.07) is 12.5. The Kier molecular flexibility index (Phi) is 5.96. The topological polar surface area (TPSA) is 77.3 Å². The lowest BCUT2D eigenvalue weighted by Crippen LogP contribution is -2.45. The predicted molar refractivity (Wildman–Crippen MR) is 120 cm³/mol. The third kappa shape index (κ3) is 4.02. The molecule has 1 spiro atoms. The minimum absolute atomic E-state index is 0.0812. The van der Waals surface area contributed by atoms with E-state index in [2.05, 4.69) is 28.0 Å². The second-order valence-corrected chi connectivity index (χ2v) is 8.43. The number of likely N-dealkylation sites (tertiary alicyclic amines) is 1. The van der Waals surface area contributed by atoms with Crippen molar-refractivity contribution in [1.29, 1.82) is 0 Å². The third-order valence-corrected chi connectivity index (χ3v) is 6.60. The van der Waals surface area contributed by atoms with Crippen molar-refractivity contribution in [3.05, 3.63) is 47.5 Å². The van der Waals surface area contributed by atoms with E-state index in [1.807, 2.05) is 18.2 Å². The van der Waals surface area contributed by atoms with Crippen molar-refractivity contribution in [3.8, 4) is 17.2 Å². The molecule has 31 heavy (non-hydrogen) atoms. The van der Waals surface area contributed by atoms with E-state index in [0.717, 1.165) is 50.3 Å². The molecule has 0 aliphatic carbocycles. The Morgan fingerprint density at radius 3 is 2.26 bits per heavy atom. The number of nitrogens with two attached hydrogens (primary N) is 1. The average Bonchev–Trinajstić information content (AvgIpc) is 3.07. The van der Waals surface area contributed by atoms with Crippen LogP contribution in [0.5, 0.6) is 17.2 Å². The summed E-state index contributed by atoms with van der Waals surface area (Å²) in [7, 11) is 4.90. The third-order valence-electron chi connectivity index (χ3n) is 6.60. The summed E-state index contributed by atoms with van der Waals surface area (Å²) in [6.07, 6.45) is 2.09. The van der Waals surface area contributed by atoms with Gasteiger partial charge in [0, 0.05) is 24.2 Å². The van der Waals surface area contributed by atoms with Gasteiger partial charge >= 0.3 is 0 Å². The summed E-state index contributed by atoms with van der Waals surface area (Å²) in [5, 5.41) is 0. The van der Waals surface area contributed by atoms with Crippen LogP contribution in [0.15, 0.2) is 36.4 Å². The molecular formula is C24H31N3O4. The first kappa shape index (κ1) is 21.3. The van der Waals surface area contributed by atoms with Crippen molar-refractivity contribution in [3.63, 3.8) is 0 Å². The van der Waals surface area contributed by atoms with Gasteiger partial charge in [-0.15, -0.1) is 0 Å². The normalized spacial score (nSPS) is 17.5. The Labute approximate surface area is 183 Å². The van der Waals surface area contributed by atoms with Crippen molar-refractivity contribution >= 4 is 11.6 Å². The molecule has 2 aromatic carbocycles. The van der Waals surface area contributed by atoms with Crippen molar-refractivity contribution in [2.45, 2.75) is 24.8 Å². The maximum absolute atomic E-state index is 11.6. The molecule has 1 fully saturated rings. The molecule has 2 aliphatic rings. The van der Waals surface area contributed by atoms with Crippen LogP contribution in [0, 0.1) is 0 Å². The molecule has 0 atom stereocenters. The fourth-order valence-corrected chi connectivity index (χ4v) is 5.11. The molecule has 1 saturated heterocycles. The second-order valence-electron chi connectivity index (χ2n) is 8.43. The molecular weight excluding hydrogens is 394 g/mol. The van der Waals surface area contributed by atoms with Crippen LogP contribution in [0.3, 0.4) is 0 Å². The van der Waals surface area contributed by atoms with E-state index in [-0.39, 0.29) is 17.9 Å². The molecule has 7 heteroatoms. The van der Waals surface area contributed by atoms with Gasteiger partial charge in [-0.3, -0.25) is 9.69 Å². The van der Waals surface area contributed by atoms with Crippen LogP contribution >= 0.6 is 0 Å². The summed E-state index contributed by atoms with van der Waals surface area (Å²) in [5.41, 5.74) is 9.22. The number of methoxy groups -OCH3 is 3. The number of anilines is 1. The quantitative estimate of drug-likeness (QED) is 0.735. The number of para-hydroxylation sites is 1. The maximum atomic E-state index is 11.6. The Hall–Kier alpha value is -2.93. The summed E-state index contributed by atoms with van der Waals surface area (Å²) < 4.78 is 16.4. The fourth-order valence-electron chi connectivity index (χ4n) is 5.11.